The summed E-state index contributed by atoms with van der Waals surface area (Å²) in [6.07, 6.45) is 5.92. The lowest BCUT2D eigenvalue weighted by Crippen LogP contribution is -2.43. The van der Waals surface area contributed by atoms with Crippen LogP contribution in [-0.4, -0.2) is 5.91 Å². The van der Waals surface area contributed by atoms with Crippen molar-refractivity contribution in [3.8, 4) is 0 Å². The van der Waals surface area contributed by atoms with Crippen LogP contribution in [0.3, 0.4) is 0 Å². The molecule has 0 bridgehead atoms. The van der Waals surface area contributed by atoms with Crippen LogP contribution in [0.15, 0.2) is 54.6 Å². The van der Waals surface area contributed by atoms with Gasteiger partial charge in [0.1, 0.15) is 5.82 Å². The number of halogens is 1. The highest BCUT2D eigenvalue weighted by atomic mass is 19.1. The molecule has 1 fully saturated rings. The maximum Gasteiger partial charge on any atom is 0.265 e. The van der Waals surface area contributed by atoms with Crippen LogP contribution in [0.25, 0.3) is 0 Å². The van der Waals surface area contributed by atoms with E-state index in [1.807, 2.05) is 18.2 Å². The molecular formula is C20H23FN2O. The molecule has 0 heterocycles. The van der Waals surface area contributed by atoms with Crippen molar-refractivity contribution in [2.75, 3.05) is 0 Å². The second-order valence-electron chi connectivity index (χ2n) is 6.39. The molecule has 126 valence electrons. The molecule has 0 saturated heterocycles. The van der Waals surface area contributed by atoms with E-state index in [4.69, 9.17) is 0 Å². The number of rotatable bonds is 5. The Morgan fingerprint density at radius 3 is 2.29 bits per heavy atom. The van der Waals surface area contributed by atoms with E-state index in [0.717, 1.165) is 18.4 Å². The third-order valence-corrected chi connectivity index (χ3v) is 4.73. The monoisotopic (exact) mass is 326 g/mol. The number of carbonyl (C=O) groups excluding carboxylic acids is 1. The summed E-state index contributed by atoms with van der Waals surface area (Å²) in [6.45, 7) is 0. The summed E-state index contributed by atoms with van der Waals surface area (Å²) in [4.78, 5) is 12.3. The van der Waals surface area contributed by atoms with Gasteiger partial charge in [0.25, 0.3) is 5.91 Å². The minimum atomic E-state index is -0.241. The first-order valence-corrected chi connectivity index (χ1v) is 8.60. The number of hydrogen-bond donors (Lipinski definition) is 2. The first-order chi connectivity index (χ1) is 11.7. The minimum Gasteiger partial charge on any atom is -0.287 e. The second kappa shape index (κ2) is 8.06. The molecule has 3 rings (SSSR count). The zero-order valence-corrected chi connectivity index (χ0v) is 13.7. The van der Waals surface area contributed by atoms with Crippen molar-refractivity contribution < 1.29 is 9.18 Å². The SMILES string of the molecule is O=C(NNC(c1ccc(F)cc1)C1CCCCC1)c1ccccc1. The molecule has 2 aromatic carbocycles. The third-order valence-electron chi connectivity index (χ3n) is 4.73. The Hall–Kier alpha value is -2.20. The van der Waals surface area contributed by atoms with Crippen molar-refractivity contribution in [1.82, 2.24) is 10.9 Å². The number of hydrazine groups is 1. The van der Waals surface area contributed by atoms with Crippen LogP contribution >= 0.6 is 0 Å². The van der Waals surface area contributed by atoms with Gasteiger partial charge >= 0.3 is 0 Å². The van der Waals surface area contributed by atoms with E-state index in [2.05, 4.69) is 10.9 Å². The summed E-state index contributed by atoms with van der Waals surface area (Å²) in [5, 5.41) is 0. The molecule has 0 radical (unpaired) electrons. The van der Waals surface area contributed by atoms with Crippen LogP contribution in [0.4, 0.5) is 4.39 Å². The van der Waals surface area contributed by atoms with Gasteiger partial charge in [0.05, 0.1) is 6.04 Å². The van der Waals surface area contributed by atoms with Gasteiger partial charge in [-0.1, -0.05) is 49.6 Å². The van der Waals surface area contributed by atoms with Crippen molar-refractivity contribution in [3.63, 3.8) is 0 Å². The maximum atomic E-state index is 13.2. The van der Waals surface area contributed by atoms with Gasteiger partial charge in [-0.3, -0.25) is 10.2 Å². The molecule has 1 atom stereocenters. The zero-order valence-electron chi connectivity index (χ0n) is 13.7. The Morgan fingerprint density at radius 1 is 0.958 bits per heavy atom. The standard InChI is InChI=1S/C20H23FN2O/c21-18-13-11-16(12-14-18)19(15-7-3-1-4-8-15)22-23-20(24)17-9-5-2-6-10-17/h2,5-6,9-15,19,22H,1,3-4,7-8H2,(H,23,24). The average molecular weight is 326 g/mol. The lowest BCUT2D eigenvalue weighted by atomic mass is 9.81. The van der Waals surface area contributed by atoms with Gasteiger partial charge in [-0.05, 0) is 48.6 Å². The van der Waals surface area contributed by atoms with Gasteiger partial charge < -0.3 is 0 Å². The third kappa shape index (κ3) is 4.20. The van der Waals surface area contributed by atoms with Crippen molar-refractivity contribution >= 4 is 5.91 Å². The van der Waals surface area contributed by atoms with Gasteiger partial charge in [-0.2, -0.15) is 0 Å². The highest BCUT2D eigenvalue weighted by molar-refractivity contribution is 5.93. The number of carbonyl (C=O) groups is 1. The lowest BCUT2D eigenvalue weighted by Gasteiger charge is -2.31. The summed E-state index contributed by atoms with van der Waals surface area (Å²) in [5.41, 5.74) is 7.66. The molecule has 3 nitrogen and oxygen atoms in total. The molecule has 0 spiro atoms. The van der Waals surface area contributed by atoms with E-state index >= 15 is 0 Å². The summed E-state index contributed by atoms with van der Waals surface area (Å²) in [6, 6.07) is 15.7. The zero-order chi connectivity index (χ0) is 16.8. The number of amides is 1. The average Bonchev–Trinajstić information content (AvgIpc) is 2.65. The first-order valence-electron chi connectivity index (χ1n) is 8.60. The largest absolute Gasteiger partial charge is 0.287 e. The Balaban J connectivity index is 1.72. The molecule has 24 heavy (non-hydrogen) atoms. The normalized spacial score (nSPS) is 16.5. The van der Waals surface area contributed by atoms with Crippen LogP contribution in [0.1, 0.15) is 54.1 Å². The first kappa shape index (κ1) is 16.7. The number of hydrogen-bond acceptors (Lipinski definition) is 2. The van der Waals surface area contributed by atoms with Gasteiger partial charge in [-0.15, -0.1) is 0 Å². The molecule has 1 aliphatic carbocycles. The predicted octanol–water partition coefficient (Wildman–Crippen LogP) is 4.38. The van der Waals surface area contributed by atoms with Crippen molar-refractivity contribution in [3.05, 3.63) is 71.5 Å². The lowest BCUT2D eigenvalue weighted by molar-refractivity contribution is 0.0912. The summed E-state index contributed by atoms with van der Waals surface area (Å²) in [5.74, 6) is 0.0493. The Morgan fingerprint density at radius 2 is 1.62 bits per heavy atom. The van der Waals surface area contributed by atoms with E-state index in [0.29, 0.717) is 11.5 Å². The van der Waals surface area contributed by atoms with Crippen LogP contribution in [0, 0.1) is 11.7 Å². The van der Waals surface area contributed by atoms with Crippen molar-refractivity contribution in [2.45, 2.75) is 38.1 Å². The highest BCUT2D eigenvalue weighted by Gasteiger charge is 2.25. The number of nitrogens with one attached hydrogen (secondary N) is 2. The molecule has 1 unspecified atom stereocenters. The van der Waals surface area contributed by atoms with Crippen LogP contribution < -0.4 is 10.9 Å². The molecule has 2 N–H and O–H groups in total. The summed E-state index contributed by atoms with van der Waals surface area (Å²) in [7, 11) is 0. The minimum absolute atomic E-state index is 0.00133. The molecular weight excluding hydrogens is 303 g/mol. The van der Waals surface area contributed by atoms with Gasteiger partial charge in [0.2, 0.25) is 0 Å². The summed E-state index contributed by atoms with van der Waals surface area (Å²) >= 11 is 0. The fraction of sp³-hybridized carbons (Fsp3) is 0.350. The van der Waals surface area contributed by atoms with Crippen LogP contribution in [0.2, 0.25) is 0 Å². The maximum absolute atomic E-state index is 13.2. The quantitative estimate of drug-likeness (QED) is 0.801. The Labute approximate surface area is 142 Å². The van der Waals surface area contributed by atoms with E-state index in [1.54, 1.807) is 24.3 Å². The molecule has 1 amide bonds. The van der Waals surface area contributed by atoms with Gasteiger partial charge in [0, 0.05) is 5.56 Å². The Kier molecular flexibility index (Phi) is 5.59. The van der Waals surface area contributed by atoms with E-state index in [1.165, 1.54) is 31.4 Å². The van der Waals surface area contributed by atoms with Crippen molar-refractivity contribution in [2.24, 2.45) is 5.92 Å². The fourth-order valence-corrected chi connectivity index (χ4v) is 3.42. The Bertz CT molecular complexity index is 651. The molecule has 1 aliphatic rings. The molecule has 1 saturated carbocycles. The van der Waals surface area contributed by atoms with E-state index in [-0.39, 0.29) is 17.8 Å². The van der Waals surface area contributed by atoms with E-state index in [9.17, 15) is 9.18 Å². The molecule has 2 aromatic rings. The second-order valence-corrected chi connectivity index (χ2v) is 6.39. The highest BCUT2D eigenvalue weighted by Crippen LogP contribution is 2.34. The van der Waals surface area contributed by atoms with E-state index < -0.39 is 0 Å². The predicted molar refractivity (Wildman–Crippen MR) is 92.8 cm³/mol. The molecule has 0 aromatic heterocycles. The number of benzene rings is 2. The van der Waals surface area contributed by atoms with Crippen molar-refractivity contribution in [1.29, 1.82) is 0 Å². The molecule has 4 heteroatoms. The van der Waals surface area contributed by atoms with Crippen LogP contribution in [-0.2, 0) is 0 Å². The van der Waals surface area contributed by atoms with Gasteiger partial charge in [0.15, 0.2) is 0 Å². The fourth-order valence-electron chi connectivity index (χ4n) is 3.42. The van der Waals surface area contributed by atoms with Gasteiger partial charge in [-0.25, -0.2) is 9.82 Å². The van der Waals surface area contributed by atoms with Crippen LogP contribution in [0.5, 0.6) is 0 Å². The summed E-state index contributed by atoms with van der Waals surface area (Å²) < 4.78 is 13.2. The topological polar surface area (TPSA) is 41.1 Å². The smallest absolute Gasteiger partial charge is 0.265 e. The molecule has 0 aliphatic heterocycles.